The zero-order chi connectivity index (χ0) is 21.5. The van der Waals surface area contributed by atoms with Gasteiger partial charge in [-0.2, -0.15) is 13.1 Å². The fraction of sp³-hybridized carbons (Fsp3) is 0.389. The van der Waals surface area contributed by atoms with Gasteiger partial charge < -0.3 is 10.4 Å². The third-order valence-electron chi connectivity index (χ3n) is 5.02. The van der Waals surface area contributed by atoms with E-state index in [1.807, 2.05) is 31.2 Å². The van der Waals surface area contributed by atoms with Gasteiger partial charge in [0.25, 0.3) is 10.0 Å². The Labute approximate surface area is 171 Å². The van der Waals surface area contributed by atoms with E-state index in [4.69, 9.17) is 0 Å². The van der Waals surface area contributed by atoms with E-state index in [9.17, 15) is 22.3 Å². The second kappa shape index (κ2) is 7.85. The minimum absolute atomic E-state index is 0.132. The predicted octanol–water partition coefficient (Wildman–Crippen LogP) is 1.50. The van der Waals surface area contributed by atoms with Crippen LogP contribution >= 0.6 is 0 Å². The number of hydrogen-bond acceptors (Lipinski definition) is 7. The molecule has 30 heavy (non-hydrogen) atoms. The minimum atomic E-state index is -4.72. The number of β-amino-alcohol motifs (C(OH)–C–C–N with tert-alkyl or cyclic N) is 1. The molecule has 1 saturated heterocycles. The van der Waals surface area contributed by atoms with E-state index < -0.39 is 34.5 Å². The van der Waals surface area contributed by atoms with E-state index in [2.05, 4.69) is 20.4 Å². The Morgan fingerprint density at radius 1 is 1.20 bits per heavy atom. The van der Waals surface area contributed by atoms with E-state index in [0.717, 1.165) is 22.5 Å². The summed E-state index contributed by atoms with van der Waals surface area (Å²) in [6.07, 6.45) is 2.31. The molecule has 3 aromatic heterocycles. The number of rotatable bonds is 5. The summed E-state index contributed by atoms with van der Waals surface area (Å²) in [5, 5.41) is 17.7. The van der Waals surface area contributed by atoms with Crippen LogP contribution < -0.4 is 5.32 Å². The quantitative estimate of drug-likeness (QED) is 0.621. The van der Waals surface area contributed by atoms with Crippen LogP contribution in [-0.4, -0.2) is 68.4 Å². The molecule has 3 aromatic rings. The maximum atomic E-state index is 12.7. The lowest BCUT2D eigenvalue weighted by Crippen LogP contribution is -2.52. The monoisotopic (exact) mass is 438 g/mol. The number of pyridine rings is 1. The Morgan fingerprint density at radius 3 is 2.67 bits per heavy atom. The average Bonchev–Trinajstić information content (AvgIpc) is 3.13. The molecule has 1 aliphatic rings. The van der Waals surface area contributed by atoms with Crippen molar-refractivity contribution in [3.05, 3.63) is 42.2 Å². The molecule has 0 aromatic carbocycles. The molecule has 1 fully saturated rings. The summed E-state index contributed by atoms with van der Waals surface area (Å²) in [5.74, 6) is -3.29. The highest BCUT2D eigenvalue weighted by molar-refractivity contribution is 7.89. The highest BCUT2D eigenvalue weighted by Gasteiger charge is 2.38. The van der Waals surface area contributed by atoms with Crippen molar-refractivity contribution in [3.63, 3.8) is 0 Å². The van der Waals surface area contributed by atoms with Crippen molar-refractivity contribution in [1.82, 2.24) is 23.9 Å². The lowest BCUT2D eigenvalue weighted by molar-refractivity contribution is 0.0904. The number of halogens is 2. The van der Waals surface area contributed by atoms with E-state index >= 15 is 0 Å². The van der Waals surface area contributed by atoms with Crippen LogP contribution in [0.2, 0.25) is 0 Å². The number of sulfonamides is 1. The molecule has 2 N–H and O–H groups in total. The first kappa shape index (κ1) is 20.6. The summed E-state index contributed by atoms with van der Waals surface area (Å²) in [6.45, 7) is 1.39. The number of anilines is 1. The molecule has 0 amide bonds. The predicted molar refractivity (Wildman–Crippen MR) is 105 cm³/mol. The second-order valence-corrected chi connectivity index (χ2v) is 9.03. The van der Waals surface area contributed by atoms with Crippen molar-refractivity contribution >= 4 is 21.5 Å². The number of alkyl halides is 2. The number of aromatic nitrogens is 4. The van der Waals surface area contributed by atoms with E-state index in [0.29, 0.717) is 4.31 Å². The summed E-state index contributed by atoms with van der Waals surface area (Å²) in [4.78, 5) is 8.63. The molecule has 9 nitrogen and oxygen atoms in total. The average molecular weight is 438 g/mol. The molecular formula is C18H20F2N6O3S. The van der Waals surface area contributed by atoms with Gasteiger partial charge >= 0.3 is 5.76 Å². The number of hydrogen-bond donors (Lipinski definition) is 2. The van der Waals surface area contributed by atoms with Gasteiger partial charge in [-0.25, -0.2) is 17.9 Å². The summed E-state index contributed by atoms with van der Waals surface area (Å²) >= 11 is 0. The van der Waals surface area contributed by atoms with Gasteiger partial charge in [0.15, 0.2) is 0 Å². The molecule has 0 spiro atoms. The van der Waals surface area contributed by atoms with Crippen molar-refractivity contribution < 1.29 is 22.3 Å². The second-order valence-electron chi connectivity index (χ2n) is 7.13. The Kier molecular flexibility index (Phi) is 5.38. The van der Waals surface area contributed by atoms with Gasteiger partial charge in [0.2, 0.25) is 5.95 Å². The first-order valence-corrected chi connectivity index (χ1v) is 10.8. The summed E-state index contributed by atoms with van der Waals surface area (Å²) in [5.41, 5.74) is 3.27. The number of nitrogens with one attached hydrogen (secondary N) is 1. The number of aryl methyl sites for hydroxylation is 1. The van der Waals surface area contributed by atoms with Crippen molar-refractivity contribution in [2.24, 2.45) is 0 Å². The Balaban J connectivity index is 1.53. The number of aliphatic hydroxyl groups is 1. The molecular weight excluding hydrogens is 418 g/mol. The van der Waals surface area contributed by atoms with Crippen LogP contribution in [0.3, 0.4) is 0 Å². The number of aliphatic hydroxyl groups excluding tert-OH is 1. The van der Waals surface area contributed by atoms with Crippen LogP contribution in [0.15, 0.2) is 36.7 Å². The Morgan fingerprint density at radius 2 is 2.00 bits per heavy atom. The van der Waals surface area contributed by atoms with Gasteiger partial charge in [-0.15, -0.1) is 5.10 Å². The van der Waals surface area contributed by atoms with Gasteiger partial charge in [0.1, 0.15) is 0 Å². The minimum Gasteiger partial charge on any atom is -0.390 e. The van der Waals surface area contributed by atoms with Crippen LogP contribution in [0.1, 0.15) is 12.0 Å². The molecule has 0 radical (unpaired) electrons. The summed E-state index contributed by atoms with van der Waals surface area (Å²) in [7, 11) is -4.72. The van der Waals surface area contributed by atoms with Gasteiger partial charge in [-0.05, 0) is 37.1 Å². The zero-order valence-corrected chi connectivity index (χ0v) is 16.8. The van der Waals surface area contributed by atoms with Crippen LogP contribution in [0.4, 0.5) is 14.7 Å². The Hall–Kier alpha value is -2.70. The molecule has 2 atom stereocenters. The van der Waals surface area contributed by atoms with Crippen LogP contribution in [0, 0.1) is 6.92 Å². The van der Waals surface area contributed by atoms with Gasteiger partial charge in [-0.3, -0.25) is 4.98 Å². The highest BCUT2D eigenvalue weighted by atomic mass is 32.2. The van der Waals surface area contributed by atoms with Crippen molar-refractivity contribution in [3.8, 4) is 11.4 Å². The fourth-order valence-electron chi connectivity index (χ4n) is 3.36. The molecule has 160 valence electrons. The third-order valence-corrected chi connectivity index (χ3v) is 6.52. The normalized spacial score (nSPS) is 20.7. The van der Waals surface area contributed by atoms with Crippen LogP contribution in [0.25, 0.3) is 16.9 Å². The van der Waals surface area contributed by atoms with E-state index in [1.165, 1.54) is 0 Å². The fourth-order valence-corrected chi connectivity index (χ4v) is 4.31. The molecule has 12 heteroatoms. The molecule has 1 aliphatic heterocycles. The lowest BCUT2D eigenvalue weighted by atomic mass is 10.0. The van der Waals surface area contributed by atoms with Crippen LogP contribution in [-0.2, 0) is 10.0 Å². The van der Waals surface area contributed by atoms with E-state index in [-0.39, 0.29) is 18.9 Å². The van der Waals surface area contributed by atoms with Gasteiger partial charge in [0, 0.05) is 19.3 Å². The summed E-state index contributed by atoms with van der Waals surface area (Å²) < 4.78 is 51.0. The molecule has 0 unspecified atom stereocenters. The topological polar surface area (TPSA) is 113 Å². The summed E-state index contributed by atoms with van der Waals surface area (Å²) in [6, 6.07) is 6.97. The largest absolute Gasteiger partial charge is 0.390 e. The van der Waals surface area contributed by atoms with E-state index in [1.54, 1.807) is 16.9 Å². The molecule has 0 bridgehead atoms. The van der Waals surface area contributed by atoms with Gasteiger partial charge in [0.05, 0.1) is 35.2 Å². The van der Waals surface area contributed by atoms with Gasteiger partial charge in [-0.1, -0.05) is 6.07 Å². The molecule has 4 heterocycles. The maximum absolute atomic E-state index is 12.7. The van der Waals surface area contributed by atoms with Crippen molar-refractivity contribution in [2.75, 3.05) is 18.4 Å². The van der Waals surface area contributed by atoms with Crippen molar-refractivity contribution in [2.45, 2.75) is 31.2 Å². The number of piperidine rings is 1. The SMILES string of the molecule is Cc1ccc(-c2ccc3cnc(N[C@@H]4CCN(S(=O)(=O)C(F)F)C[C@H]4O)nn23)nc1. The standard InChI is InChI=1S/C18H20F2N6O3S/c1-11-2-4-13(21-8-11)15-5-3-12-9-22-18(24-26(12)15)23-14-6-7-25(10-16(14)27)30(28,29)17(19)20/h2-5,8-9,14,16-17,27H,6-7,10H2,1H3,(H,23,24)/t14-,16-/m1/s1. The Bertz CT molecular complexity index is 1150. The molecule has 0 aliphatic carbocycles. The number of fused-ring (bicyclic) bond motifs is 1. The smallest absolute Gasteiger partial charge is 0.350 e. The third kappa shape index (κ3) is 3.85. The van der Waals surface area contributed by atoms with Crippen molar-refractivity contribution in [1.29, 1.82) is 0 Å². The zero-order valence-electron chi connectivity index (χ0n) is 16.0. The molecule has 4 rings (SSSR count). The maximum Gasteiger partial charge on any atom is 0.350 e. The first-order valence-electron chi connectivity index (χ1n) is 9.25. The first-order chi connectivity index (χ1) is 14.3. The highest BCUT2D eigenvalue weighted by Crippen LogP contribution is 2.23. The number of nitrogens with zero attached hydrogens (tertiary/aromatic N) is 5. The molecule has 0 saturated carbocycles. The van der Waals surface area contributed by atoms with Crippen LogP contribution in [0.5, 0.6) is 0 Å². The lowest BCUT2D eigenvalue weighted by Gasteiger charge is -2.35.